The van der Waals surface area contributed by atoms with Crippen molar-refractivity contribution >= 4 is 29.1 Å². The van der Waals surface area contributed by atoms with Gasteiger partial charge in [-0.1, -0.05) is 42.8 Å². The van der Waals surface area contributed by atoms with Gasteiger partial charge in [-0.2, -0.15) is 0 Å². The maximum atomic E-state index is 13.2. The molecule has 4 rings (SSSR count). The molecule has 2 heterocycles. The molecule has 0 aliphatic carbocycles. The van der Waals surface area contributed by atoms with Crippen LogP contribution in [0.2, 0.25) is 5.02 Å². The summed E-state index contributed by atoms with van der Waals surface area (Å²) in [6.07, 6.45) is 0.846. The minimum atomic E-state index is -0.736. The number of halogens is 1. The summed E-state index contributed by atoms with van der Waals surface area (Å²) in [5.41, 5.74) is 1.15. The standard InChI is InChI=1S/C26H29ClN2O5/c1-2-13-34-21-8-4-6-19(17-21)24(30)22-23(18-5-3-7-20(27)16-18)29(26(32)25(22)31)10-9-28-11-14-33-15-12-28/h3-8,16-17,23,30H,2,9-15H2,1H3/b24-22+. The fourth-order valence-electron chi connectivity index (χ4n) is 4.32. The maximum absolute atomic E-state index is 13.2. The number of hydrogen-bond donors (Lipinski definition) is 1. The van der Waals surface area contributed by atoms with E-state index in [2.05, 4.69) is 4.90 Å². The number of rotatable bonds is 8. The molecule has 2 saturated heterocycles. The molecule has 1 N–H and O–H groups in total. The quantitative estimate of drug-likeness (QED) is 0.348. The number of Topliss-reactive ketones (excluding diaryl/α,β-unsaturated/α-hetero) is 1. The third kappa shape index (κ3) is 5.27. The van der Waals surface area contributed by atoms with Crippen LogP contribution in [0.25, 0.3) is 5.76 Å². The molecule has 0 aromatic heterocycles. The van der Waals surface area contributed by atoms with Gasteiger partial charge in [0, 0.05) is 36.8 Å². The number of morpholine rings is 1. The van der Waals surface area contributed by atoms with Crippen LogP contribution in [-0.2, 0) is 14.3 Å². The normalized spacial score (nSPS) is 20.6. The van der Waals surface area contributed by atoms with Crippen molar-refractivity contribution in [1.82, 2.24) is 9.80 Å². The van der Waals surface area contributed by atoms with Crippen LogP contribution in [0.4, 0.5) is 0 Å². The average molecular weight is 485 g/mol. The van der Waals surface area contributed by atoms with E-state index in [1.807, 2.05) is 13.0 Å². The molecule has 7 nitrogen and oxygen atoms in total. The Labute approximate surface area is 204 Å². The van der Waals surface area contributed by atoms with Gasteiger partial charge in [0.15, 0.2) is 0 Å². The fraction of sp³-hybridized carbons (Fsp3) is 0.385. The largest absolute Gasteiger partial charge is 0.507 e. The Balaban J connectivity index is 1.72. The molecule has 8 heteroatoms. The second-order valence-corrected chi connectivity index (χ2v) is 8.81. The van der Waals surface area contributed by atoms with E-state index in [4.69, 9.17) is 21.1 Å². The zero-order chi connectivity index (χ0) is 24.1. The monoisotopic (exact) mass is 484 g/mol. The van der Waals surface area contributed by atoms with E-state index < -0.39 is 17.7 Å². The first-order valence-electron chi connectivity index (χ1n) is 11.6. The highest BCUT2D eigenvalue weighted by Gasteiger charge is 2.46. The van der Waals surface area contributed by atoms with Gasteiger partial charge >= 0.3 is 0 Å². The van der Waals surface area contributed by atoms with Crippen molar-refractivity contribution in [3.8, 4) is 5.75 Å². The summed E-state index contributed by atoms with van der Waals surface area (Å²) in [6, 6.07) is 13.3. The van der Waals surface area contributed by atoms with E-state index in [1.165, 1.54) is 4.90 Å². The van der Waals surface area contributed by atoms with Gasteiger partial charge in [-0.3, -0.25) is 14.5 Å². The number of hydrogen-bond acceptors (Lipinski definition) is 6. The van der Waals surface area contributed by atoms with Crippen molar-refractivity contribution in [2.24, 2.45) is 0 Å². The first-order chi connectivity index (χ1) is 16.5. The zero-order valence-electron chi connectivity index (χ0n) is 19.2. The van der Waals surface area contributed by atoms with Gasteiger partial charge in [0.05, 0.1) is 31.4 Å². The Hall–Kier alpha value is -2.87. The molecule has 0 spiro atoms. The lowest BCUT2D eigenvalue weighted by atomic mass is 9.95. The maximum Gasteiger partial charge on any atom is 0.295 e. The Morgan fingerprint density at radius 1 is 1.12 bits per heavy atom. The van der Waals surface area contributed by atoms with Gasteiger partial charge in [0.1, 0.15) is 11.5 Å². The second-order valence-electron chi connectivity index (χ2n) is 8.38. The summed E-state index contributed by atoms with van der Waals surface area (Å²) < 4.78 is 11.1. The summed E-state index contributed by atoms with van der Waals surface area (Å²) in [4.78, 5) is 30.1. The van der Waals surface area contributed by atoms with E-state index in [9.17, 15) is 14.7 Å². The number of aliphatic hydroxyl groups is 1. The van der Waals surface area contributed by atoms with Crippen LogP contribution in [-0.4, -0.2) is 72.6 Å². The van der Waals surface area contributed by atoms with Gasteiger partial charge in [-0.15, -0.1) is 0 Å². The Bertz CT molecular complexity index is 1080. The number of ether oxygens (including phenoxy) is 2. The fourth-order valence-corrected chi connectivity index (χ4v) is 4.52. The summed E-state index contributed by atoms with van der Waals surface area (Å²) in [5, 5.41) is 11.8. The molecule has 180 valence electrons. The minimum Gasteiger partial charge on any atom is -0.507 e. The third-order valence-corrected chi connectivity index (χ3v) is 6.28. The topological polar surface area (TPSA) is 79.3 Å². The number of nitrogens with zero attached hydrogens (tertiary/aromatic N) is 2. The van der Waals surface area contributed by atoms with E-state index >= 15 is 0 Å². The van der Waals surface area contributed by atoms with Crippen molar-refractivity contribution in [2.45, 2.75) is 19.4 Å². The lowest BCUT2D eigenvalue weighted by Crippen LogP contribution is -2.42. The van der Waals surface area contributed by atoms with E-state index in [-0.39, 0.29) is 11.3 Å². The minimum absolute atomic E-state index is 0.0573. The third-order valence-electron chi connectivity index (χ3n) is 6.05. The highest BCUT2D eigenvalue weighted by atomic mass is 35.5. The molecule has 0 saturated carbocycles. The van der Waals surface area contributed by atoms with Crippen LogP contribution in [0, 0.1) is 0 Å². The predicted octanol–water partition coefficient (Wildman–Crippen LogP) is 3.88. The van der Waals surface area contributed by atoms with E-state index in [0.29, 0.717) is 54.8 Å². The molecule has 1 unspecified atom stereocenters. The van der Waals surface area contributed by atoms with Crippen molar-refractivity contribution in [2.75, 3.05) is 46.0 Å². The van der Waals surface area contributed by atoms with Gasteiger partial charge < -0.3 is 19.5 Å². The van der Waals surface area contributed by atoms with Crippen molar-refractivity contribution in [1.29, 1.82) is 0 Å². The first-order valence-corrected chi connectivity index (χ1v) is 11.9. The Morgan fingerprint density at radius 3 is 2.62 bits per heavy atom. The van der Waals surface area contributed by atoms with Gasteiger partial charge in [0.2, 0.25) is 0 Å². The number of ketones is 1. The van der Waals surface area contributed by atoms with Crippen LogP contribution >= 0.6 is 11.6 Å². The zero-order valence-corrected chi connectivity index (χ0v) is 20.0. The van der Waals surface area contributed by atoms with Gasteiger partial charge in [-0.25, -0.2) is 0 Å². The smallest absolute Gasteiger partial charge is 0.295 e. The molecule has 2 aromatic rings. The first kappa shape index (κ1) is 24.3. The average Bonchev–Trinajstić information content (AvgIpc) is 3.11. The Morgan fingerprint density at radius 2 is 1.88 bits per heavy atom. The molecule has 0 bridgehead atoms. The molecular formula is C26H29ClN2O5. The molecule has 2 aromatic carbocycles. The van der Waals surface area contributed by atoms with Crippen LogP contribution < -0.4 is 4.74 Å². The number of carbonyl (C=O) groups excluding carboxylic acids is 2. The van der Waals surface area contributed by atoms with Gasteiger partial charge in [-0.05, 0) is 36.2 Å². The molecule has 2 fully saturated rings. The van der Waals surface area contributed by atoms with Crippen LogP contribution in [0.15, 0.2) is 54.1 Å². The summed E-state index contributed by atoms with van der Waals surface area (Å²) >= 11 is 6.25. The van der Waals surface area contributed by atoms with Crippen molar-refractivity contribution < 1.29 is 24.2 Å². The predicted molar refractivity (Wildman–Crippen MR) is 130 cm³/mol. The molecule has 34 heavy (non-hydrogen) atoms. The SMILES string of the molecule is CCCOc1cccc(/C(O)=C2\C(=O)C(=O)N(CCN3CCOCC3)C2c2cccc(Cl)c2)c1. The second kappa shape index (κ2) is 11.0. The molecule has 0 radical (unpaired) electrons. The number of carbonyl (C=O) groups is 2. The van der Waals surface area contributed by atoms with E-state index in [0.717, 1.165) is 19.5 Å². The van der Waals surface area contributed by atoms with E-state index in [1.54, 1.807) is 42.5 Å². The number of benzene rings is 2. The highest BCUT2D eigenvalue weighted by molar-refractivity contribution is 6.46. The lowest BCUT2D eigenvalue weighted by Gasteiger charge is -2.31. The molecule has 2 aliphatic heterocycles. The lowest BCUT2D eigenvalue weighted by molar-refractivity contribution is -0.140. The molecule has 1 amide bonds. The Kier molecular flexibility index (Phi) is 7.88. The number of likely N-dealkylation sites (tertiary alicyclic amines) is 1. The van der Waals surface area contributed by atoms with Crippen LogP contribution in [0.5, 0.6) is 5.75 Å². The van der Waals surface area contributed by atoms with Gasteiger partial charge in [0.25, 0.3) is 11.7 Å². The number of aliphatic hydroxyl groups excluding tert-OH is 1. The van der Waals surface area contributed by atoms with Crippen molar-refractivity contribution in [3.63, 3.8) is 0 Å². The van der Waals surface area contributed by atoms with Crippen LogP contribution in [0.3, 0.4) is 0 Å². The van der Waals surface area contributed by atoms with Crippen LogP contribution in [0.1, 0.15) is 30.5 Å². The molecule has 1 atom stereocenters. The molecular weight excluding hydrogens is 456 g/mol. The highest BCUT2D eigenvalue weighted by Crippen LogP contribution is 2.40. The summed E-state index contributed by atoms with van der Waals surface area (Å²) in [7, 11) is 0. The summed E-state index contributed by atoms with van der Waals surface area (Å²) in [5.74, 6) is -0.964. The molecule has 2 aliphatic rings. The number of amides is 1. The van der Waals surface area contributed by atoms with Crippen molar-refractivity contribution in [3.05, 3.63) is 70.3 Å². The summed E-state index contributed by atoms with van der Waals surface area (Å²) in [6.45, 7) is 6.34.